The van der Waals surface area contributed by atoms with Crippen LogP contribution in [-0.4, -0.2) is 29.8 Å². The Hall–Kier alpha value is -1.99. The Balaban J connectivity index is 2.37. The van der Waals surface area contributed by atoms with Crippen molar-refractivity contribution in [1.29, 1.82) is 0 Å². The Morgan fingerprint density at radius 2 is 2.06 bits per heavy atom. The normalized spacial score (nSPS) is 10.7. The van der Waals surface area contributed by atoms with E-state index in [1.165, 1.54) is 12.1 Å². The summed E-state index contributed by atoms with van der Waals surface area (Å²) in [6.07, 6.45) is 5.34. The SMILES string of the molecule is C#CC(C)(C)NCCOc1ccc(C(=O)O)cc1. The van der Waals surface area contributed by atoms with Crippen LogP contribution in [0, 0.1) is 12.3 Å². The van der Waals surface area contributed by atoms with Crippen LogP contribution in [0.25, 0.3) is 0 Å². The predicted octanol–water partition coefficient (Wildman–Crippen LogP) is 1.77. The highest BCUT2D eigenvalue weighted by atomic mass is 16.5. The molecule has 1 aromatic carbocycles. The number of terminal acetylenes is 1. The van der Waals surface area contributed by atoms with E-state index in [0.717, 1.165) is 0 Å². The van der Waals surface area contributed by atoms with Gasteiger partial charge in [-0.2, -0.15) is 0 Å². The topological polar surface area (TPSA) is 58.6 Å². The van der Waals surface area contributed by atoms with E-state index >= 15 is 0 Å². The number of nitrogens with one attached hydrogen (secondary N) is 1. The average Bonchev–Trinajstić information content (AvgIpc) is 2.35. The smallest absolute Gasteiger partial charge is 0.335 e. The molecule has 4 heteroatoms. The molecular formula is C14H17NO3. The van der Waals surface area contributed by atoms with Gasteiger partial charge < -0.3 is 9.84 Å². The second-order valence-electron chi connectivity index (χ2n) is 4.37. The lowest BCUT2D eigenvalue weighted by atomic mass is 10.1. The molecule has 0 aliphatic rings. The second kappa shape index (κ2) is 6.08. The fourth-order valence-electron chi connectivity index (χ4n) is 1.28. The predicted molar refractivity (Wildman–Crippen MR) is 69.8 cm³/mol. The Bertz CT molecular complexity index is 443. The summed E-state index contributed by atoms with van der Waals surface area (Å²) in [7, 11) is 0. The number of rotatable bonds is 6. The molecule has 0 fully saturated rings. The molecule has 0 bridgehead atoms. The van der Waals surface area contributed by atoms with Crippen LogP contribution in [0.2, 0.25) is 0 Å². The van der Waals surface area contributed by atoms with Gasteiger partial charge in [0.1, 0.15) is 12.4 Å². The molecule has 0 spiro atoms. The molecule has 4 nitrogen and oxygen atoms in total. The lowest BCUT2D eigenvalue weighted by Gasteiger charge is -2.19. The molecule has 0 radical (unpaired) electrons. The molecule has 1 aromatic rings. The summed E-state index contributed by atoms with van der Waals surface area (Å²) in [5, 5.41) is 11.9. The van der Waals surface area contributed by atoms with E-state index in [4.69, 9.17) is 16.3 Å². The maximum atomic E-state index is 10.6. The Kier molecular flexibility index (Phi) is 4.75. The lowest BCUT2D eigenvalue weighted by molar-refractivity contribution is 0.0697. The zero-order chi connectivity index (χ0) is 13.6. The molecule has 0 saturated heterocycles. The van der Waals surface area contributed by atoms with Crippen LogP contribution in [0.15, 0.2) is 24.3 Å². The summed E-state index contributed by atoms with van der Waals surface area (Å²) in [4.78, 5) is 10.6. The molecule has 0 atom stereocenters. The number of hydrogen-bond acceptors (Lipinski definition) is 3. The van der Waals surface area contributed by atoms with Crippen molar-refractivity contribution in [3.63, 3.8) is 0 Å². The molecule has 0 heterocycles. The summed E-state index contributed by atoms with van der Waals surface area (Å²) in [5.74, 6) is 2.32. The van der Waals surface area contributed by atoms with Crippen LogP contribution in [0.5, 0.6) is 5.75 Å². The van der Waals surface area contributed by atoms with Gasteiger partial charge in [0, 0.05) is 6.54 Å². The van der Waals surface area contributed by atoms with Gasteiger partial charge in [-0.05, 0) is 38.1 Å². The van der Waals surface area contributed by atoms with Gasteiger partial charge in [-0.3, -0.25) is 5.32 Å². The van der Waals surface area contributed by atoms with E-state index in [2.05, 4.69) is 11.2 Å². The molecule has 0 aliphatic carbocycles. The van der Waals surface area contributed by atoms with Crippen LogP contribution in [0.4, 0.5) is 0 Å². The highest BCUT2D eigenvalue weighted by Crippen LogP contribution is 2.11. The number of hydrogen-bond donors (Lipinski definition) is 2. The fourth-order valence-corrected chi connectivity index (χ4v) is 1.28. The third-order valence-corrected chi connectivity index (χ3v) is 2.40. The van der Waals surface area contributed by atoms with Crippen molar-refractivity contribution in [2.24, 2.45) is 0 Å². The molecule has 18 heavy (non-hydrogen) atoms. The first-order valence-corrected chi connectivity index (χ1v) is 5.63. The van der Waals surface area contributed by atoms with Crippen LogP contribution in [-0.2, 0) is 0 Å². The molecule has 0 unspecified atom stereocenters. The van der Waals surface area contributed by atoms with E-state index in [1.807, 2.05) is 13.8 Å². The van der Waals surface area contributed by atoms with Gasteiger partial charge in [-0.15, -0.1) is 6.42 Å². The van der Waals surface area contributed by atoms with Crippen molar-refractivity contribution in [1.82, 2.24) is 5.32 Å². The summed E-state index contributed by atoms with van der Waals surface area (Å²) in [6.45, 7) is 4.92. The van der Waals surface area contributed by atoms with Crippen LogP contribution < -0.4 is 10.1 Å². The molecule has 2 N–H and O–H groups in total. The highest BCUT2D eigenvalue weighted by molar-refractivity contribution is 5.87. The molecule has 0 amide bonds. The van der Waals surface area contributed by atoms with Gasteiger partial charge in [-0.1, -0.05) is 5.92 Å². The third kappa shape index (κ3) is 4.48. The Labute approximate surface area is 107 Å². The van der Waals surface area contributed by atoms with Crippen LogP contribution in [0.3, 0.4) is 0 Å². The van der Waals surface area contributed by atoms with E-state index < -0.39 is 5.97 Å². The fraction of sp³-hybridized carbons (Fsp3) is 0.357. The molecule has 0 saturated carbocycles. The minimum Gasteiger partial charge on any atom is -0.492 e. The minimum absolute atomic E-state index is 0.244. The highest BCUT2D eigenvalue weighted by Gasteiger charge is 2.11. The molecule has 96 valence electrons. The lowest BCUT2D eigenvalue weighted by Crippen LogP contribution is -2.40. The standard InChI is InChI=1S/C14H17NO3/c1-4-14(2,3)15-9-10-18-12-7-5-11(6-8-12)13(16)17/h1,5-8,15H,9-10H2,2-3H3,(H,16,17). The quantitative estimate of drug-likeness (QED) is 0.594. The van der Waals surface area contributed by atoms with Crippen LogP contribution >= 0.6 is 0 Å². The monoisotopic (exact) mass is 247 g/mol. The Morgan fingerprint density at radius 1 is 1.44 bits per heavy atom. The zero-order valence-corrected chi connectivity index (χ0v) is 10.6. The van der Waals surface area contributed by atoms with Gasteiger partial charge >= 0.3 is 5.97 Å². The second-order valence-corrected chi connectivity index (χ2v) is 4.37. The minimum atomic E-state index is -0.945. The largest absolute Gasteiger partial charge is 0.492 e. The van der Waals surface area contributed by atoms with Crippen molar-refractivity contribution in [3.8, 4) is 18.1 Å². The number of ether oxygens (including phenoxy) is 1. The maximum absolute atomic E-state index is 10.6. The third-order valence-electron chi connectivity index (χ3n) is 2.40. The maximum Gasteiger partial charge on any atom is 0.335 e. The number of carbonyl (C=O) groups is 1. The van der Waals surface area contributed by atoms with Crippen molar-refractivity contribution >= 4 is 5.97 Å². The first-order valence-electron chi connectivity index (χ1n) is 5.63. The molecule has 0 aromatic heterocycles. The zero-order valence-electron chi connectivity index (χ0n) is 10.6. The van der Waals surface area contributed by atoms with Crippen molar-refractivity contribution < 1.29 is 14.6 Å². The van der Waals surface area contributed by atoms with Gasteiger partial charge in [0.15, 0.2) is 0 Å². The number of benzene rings is 1. The van der Waals surface area contributed by atoms with Gasteiger partial charge in [0.05, 0.1) is 11.1 Å². The van der Waals surface area contributed by atoms with Crippen LogP contribution in [0.1, 0.15) is 24.2 Å². The molecule has 0 aliphatic heterocycles. The first-order chi connectivity index (χ1) is 8.44. The molecular weight excluding hydrogens is 230 g/mol. The van der Waals surface area contributed by atoms with Crippen molar-refractivity contribution in [2.45, 2.75) is 19.4 Å². The summed E-state index contributed by atoms with van der Waals surface area (Å²) in [5.41, 5.74) is -0.106. The van der Waals surface area contributed by atoms with Crippen molar-refractivity contribution in [3.05, 3.63) is 29.8 Å². The van der Waals surface area contributed by atoms with E-state index in [0.29, 0.717) is 18.9 Å². The number of carboxylic acid groups (broad SMARTS) is 1. The van der Waals surface area contributed by atoms with Gasteiger partial charge in [0.25, 0.3) is 0 Å². The molecule has 1 rings (SSSR count). The number of carboxylic acids is 1. The van der Waals surface area contributed by atoms with Gasteiger partial charge in [-0.25, -0.2) is 4.79 Å². The van der Waals surface area contributed by atoms with E-state index in [1.54, 1.807) is 12.1 Å². The average molecular weight is 247 g/mol. The first kappa shape index (κ1) is 14.1. The summed E-state index contributed by atoms with van der Waals surface area (Å²) in [6, 6.07) is 6.29. The summed E-state index contributed by atoms with van der Waals surface area (Å²) >= 11 is 0. The number of aromatic carboxylic acids is 1. The Morgan fingerprint density at radius 3 is 2.56 bits per heavy atom. The summed E-state index contributed by atoms with van der Waals surface area (Å²) < 4.78 is 5.46. The van der Waals surface area contributed by atoms with E-state index in [9.17, 15) is 4.79 Å². The van der Waals surface area contributed by atoms with E-state index in [-0.39, 0.29) is 11.1 Å². The van der Waals surface area contributed by atoms with Crippen molar-refractivity contribution in [2.75, 3.05) is 13.2 Å². The van der Waals surface area contributed by atoms with Gasteiger partial charge in [0.2, 0.25) is 0 Å².